The van der Waals surface area contributed by atoms with Crippen LogP contribution in [0.2, 0.25) is 10.0 Å². The lowest BCUT2D eigenvalue weighted by atomic mass is 10.1. The van der Waals surface area contributed by atoms with Gasteiger partial charge in [-0.2, -0.15) is 0 Å². The van der Waals surface area contributed by atoms with Crippen molar-refractivity contribution in [1.82, 2.24) is 14.7 Å². The number of hydrogen-bond acceptors (Lipinski definition) is 3. The van der Waals surface area contributed by atoms with E-state index in [1.54, 1.807) is 29.2 Å². The average molecular weight is 438 g/mol. The number of piperazine rings is 1. The van der Waals surface area contributed by atoms with Crippen molar-refractivity contribution in [3.63, 3.8) is 0 Å². The van der Waals surface area contributed by atoms with E-state index in [9.17, 15) is 9.59 Å². The standard InChI is InChI=1S/C22H29Cl2N3O2/c1-17-15-26(13-5-12-25-10-3-2-4-11-25)22(29)16-27(17)21(28)9-7-18-6-8-19(23)20(24)14-18/h6-9,14,17H,2-5,10-13,15-16H2,1H3/t17-/m0/s1. The summed E-state index contributed by atoms with van der Waals surface area (Å²) in [6.07, 6.45) is 8.09. The molecule has 0 spiro atoms. The van der Waals surface area contributed by atoms with Crippen LogP contribution in [0.3, 0.4) is 0 Å². The monoisotopic (exact) mass is 437 g/mol. The van der Waals surface area contributed by atoms with Crippen molar-refractivity contribution in [3.8, 4) is 0 Å². The van der Waals surface area contributed by atoms with Crippen molar-refractivity contribution in [2.75, 3.05) is 39.3 Å². The van der Waals surface area contributed by atoms with Crippen LogP contribution >= 0.6 is 23.2 Å². The molecule has 2 heterocycles. The first-order valence-electron chi connectivity index (χ1n) is 10.4. The van der Waals surface area contributed by atoms with Crippen LogP contribution in [0.25, 0.3) is 6.08 Å². The van der Waals surface area contributed by atoms with Crippen LogP contribution in [0, 0.1) is 0 Å². The largest absolute Gasteiger partial charge is 0.339 e. The summed E-state index contributed by atoms with van der Waals surface area (Å²) in [5, 5.41) is 0.925. The van der Waals surface area contributed by atoms with Crippen LogP contribution in [-0.2, 0) is 9.59 Å². The molecule has 7 heteroatoms. The van der Waals surface area contributed by atoms with Crippen molar-refractivity contribution in [2.45, 2.75) is 38.6 Å². The number of hydrogen-bond donors (Lipinski definition) is 0. The Hall–Kier alpha value is -1.56. The van der Waals surface area contributed by atoms with Crippen LogP contribution in [0.5, 0.6) is 0 Å². The molecule has 29 heavy (non-hydrogen) atoms. The lowest BCUT2D eigenvalue weighted by Gasteiger charge is -2.39. The van der Waals surface area contributed by atoms with Gasteiger partial charge in [0.1, 0.15) is 6.54 Å². The van der Waals surface area contributed by atoms with Crippen LogP contribution in [0.1, 0.15) is 38.2 Å². The van der Waals surface area contributed by atoms with Gasteiger partial charge in [0.15, 0.2) is 0 Å². The summed E-state index contributed by atoms with van der Waals surface area (Å²) in [4.78, 5) is 31.2. The molecule has 2 amide bonds. The lowest BCUT2D eigenvalue weighted by Crippen LogP contribution is -2.56. The molecule has 0 aromatic heterocycles. The maximum atomic E-state index is 12.6. The van der Waals surface area contributed by atoms with Gasteiger partial charge in [-0.15, -0.1) is 0 Å². The summed E-state index contributed by atoms with van der Waals surface area (Å²) in [5.74, 6) is -0.136. The van der Waals surface area contributed by atoms with E-state index in [1.165, 1.54) is 38.4 Å². The molecule has 2 aliphatic heterocycles. The highest BCUT2D eigenvalue weighted by molar-refractivity contribution is 6.42. The van der Waals surface area contributed by atoms with Crippen molar-refractivity contribution < 1.29 is 9.59 Å². The van der Waals surface area contributed by atoms with Gasteiger partial charge >= 0.3 is 0 Å². The van der Waals surface area contributed by atoms with Crippen LogP contribution in [0.4, 0.5) is 0 Å². The minimum absolute atomic E-state index is 0.00589. The molecule has 2 aliphatic rings. The Bertz CT molecular complexity index is 762. The number of rotatable bonds is 6. The van der Waals surface area contributed by atoms with E-state index in [0.29, 0.717) is 16.6 Å². The fourth-order valence-electron chi connectivity index (χ4n) is 3.98. The third kappa shape index (κ3) is 6.21. The zero-order valence-electron chi connectivity index (χ0n) is 16.9. The molecule has 0 aliphatic carbocycles. The van der Waals surface area contributed by atoms with E-state index in [4.69, 9.17) is 23.2 Å². The van der Waals surface area contributed by atoms with Crippen LogP contribution in [0.15, 0.2) is 24.3 Å². The predicted octanol–water partition coefficient (Wildman–Crippen LogP) is 3.94. The molecule has 0 unspecified atom stereocenters. The molecule has 2 fully saturated rings. The van der Waals surface area contributed by atoms with E-state index < -0.39 is 0 Å². The average Bonchev–Trinajstić information content (AvgIpc) is 2.71. The third-order valence-electron chi connectivity index (χ3n) is 5.67. The Labute approximate surface area is 183 Å². The predicted molar refractivity (Wildman–Crippen MR) is 118 cm³/mol. The topological polar surface area (TPSA) is 43.9 Å². The Morgan fingerprint density at radius 2 is 1.90 bits per heavy atom. The maximum absolute atomic E-state index is 12.6. The number of halogens is 2. The van der Waals surface area contributed by atoms with Crippen LogP contribution < -0.4 is 0 Å². The molecule has 1 aromatic rings. The molecule has 3 rings (SSSR count). The first-order valence-corrected chi connectivity index (χ1v) is 11.1. The second-order valence-electron chi connectivity index (χ2n) is 7.92. The maximum Gasteiger partial charge on any atom is 0.247 e. The van der Waals surface area contributed by atoms with E-state index in [0.717, 1.165) is 25.1 Å². The van der Waals surface area contributed by atoms with Crippen LogP contribution in [-0.4, -0.2) is 71.8 Å². The summed E-state index contributed by atoms with van der Waals surface area (Å²) in [6, 6.07) is 5.20. The molecule has 158 valence electrons. The van der Waals surface area contributed by atoms with E-state index >= 15 is 0 Å². The van der Waals surface area contributed by atoms with Gasteiger partial charge in [-0.25, -0.2) is 0 Å². The van der Waals surface area contributed by atoms with Gasteiger partial charge < -0.3 is 14.7 Å². The highest BCUT2D eigenvalue weighted by Crippen LogP contribution is 2.23. The molecule has 0 N–H and O–H groups in total. The molecular formula is C22H29Cl2N3O2. The quantitative estimate of drug-likeness (QED) is 0.632. The Kier molecular flexibility index (Phi) is 7.99. The number of carbonyl (C=O) groups is 2. The Morgan fingerprint density at radius 1 is 1.14 bits per heavy atom. The van der Waals surface area contributed by atoms with Gasteiger partial charge in [-0.1, -0.05) is 35.7 Å². The normalized spacial score (nSPS) is 21.2. The number of amides is 2. The Morgan fingerprint density at radius 3 is 2.62 bits per heavy atom. The zero-order chi connectivity index (χ0) is 20.8. The molecule has 1 atom stereocenters. The van der Waals surface area contributed by atoms with Crippen molar-refractivity contribution in [2.24, 2.45) is 0 Å². The molecule has 5 nitrogen and oxygen atoms in total. The first kappa shape index (κ1) is 22.1. The summed E-state index contributed by atoms with van der Waals surface area (Å²) in [6.45, 7) is 6.89. The third-order valence-corrected chi connectivity index (χ3v) is 6.41. The molecule has 0 bridgehead atoms. The second-order valence-corrected chi connectivity index (χ2v) is 8.73. The van der Waals surface area contributed by atoms with E-state index in [1.807, 2.05) is 11.8 Å². The van der Waals surface area contributed by atoms with E-state index in [2.05, 4.69) is 4.90 Å². The highest BCUT2D eigenvalue weighted by atomic mass is 35.5. The minimum Gasteiger partial charge on any atom is -0.339 e. The van der Waals surface area contributed by atoms with Gasteiger partial charge in [-0.05, 0) is 69.6 Å². The second kappa shape index (κ2) is 10.5. The number of benzene rings is 1. The van der Waals surface area contributed by atoms with Crippen molar-refractivity contribution >= 4 is 41.1 Å². The molecule has 0 radical (unpaired) electrons. The van der Waals surface area contributed by atoms with E-state index in [-0.39, 0.29) is 24.4 Å². The van der Waals surface area contributed by atoms with Gasteiger partial charge in [0, 0.05) is 25.2 Å². The summed E-state index contributed by atoms with van der Waals surface area (Å²) < 4.78 is 0. The number of nitrogens with zero attached hydrogens (tertiary/aromatic N) is 3. The summed E-state index contributed by atoms with van der Waals surface area (Å²) in [5.41, 5.74) is 0.795. The van der Waals surface area contributed by atoms with Gasteiger partial charge in [0.05, 0.1) is 10.0 Å². The fraction of sp³-hybridized carbons (Fsp3) is 0.545. The summed E-state index contributed by atoms with van der Waals surface area (Å²) in [7, 11) is 0. The van der Waals surface area contributed by atoms with Gasteiger partial charge in [-0.3, -0.25) is 9.59 Å². The fourth-order valence-corrected chi connectivity index (χ4v) is 4.29. The first-order chi connectivity index (χ1) is 13.9. The number of carbonyl (C=O) groups excluding carboxylic acids is 2. The van der Waals surface area contributed by atoms with Crippen molar-refractivity contribution in [3.05, 3.63) is 39.9 Å². The molecule has 1 aromatic carbocycles. The Balaban J connectivity index is 1.49. The molecular weight excluding hydrogens is 409 g/mol. The highest BCUT2D eigenvalue weighted by Gasteiger charge is 2.31. The molecule has 2 saturated heterocycles. The van der Waals surface area contributed by atoms with Crippen molar-refractivity contribution in [1.29, 1.82) is 0 Å². The number of likely N-dealkylation sites (tertiary alicyclic amines) is 1. The summed E-state index contributed by atoms with van der Waals surface area (Å²) >= 11 is 11.9. The SMILES string of the molecule is C[C@H]1CN(CCCN2CCCCC2)C(=O)CN1C(=O)C=Cc1ccc(Cl)c(Cl)c1. The van der Waals surface area contributed by atoms with Gasteiger partial charge in [0.2, 0.25) is 11.8 Å². The van der Waals surface area contributed by atoms with Gasteiger partial charge in [0.25, 0.3) is 0 Å². The minimum atomic E-state index is -0.162. The lowest BCUT2D eigenvalue weighted by molar-refractivity contribution is -0.146. The number of piperidine rings is 1. The molecule has 0 saturated carbocycles. The zero-order valence-corrected chi connectivity index (χ0v) is 18.5. The smallest absolute Gasteiger partial charge is 0.247 e.